The number of benzene rings is 2. The maximum atomic E-state index is 13.6. The van der Waals surface area contributed by atoms with Gasteiger partial charge in [0, 0.05) is 29.5 Å². The van der Waals surface area contributed by atoms with Gasteiger partial charge in [0.15, 0.2) is 0 Å². The summed E-state index contributed by atoms with van der Waals surface area (Å²) in [5.74, 6) is 0.879. The molecule has 1 unspecified atom stereocenters. The zero-order valence-electron chi connectivity index (χ0n) is 24.2. The Hall–Kier alpha value is -3.75. The summed E-state index contributed by atoms with van der Waals surface area (Å²) < 4.78 is 1.77. The zero-order valence-corrected chi connectivity index (χ0v) is 25.1. The number of nitrogens with zero attached hydrogens (tertiary/aromatic N) is 2. The van der Waals surface area contributed by atoms with Gasteiger partial charge in [0.25, 0.3) is 0 Å². The number of carbonyl (C=O) groups is 2. The van der Waals surface area contributed by atoms with Gasteiger partial charge in [0.2, 0.25) is 0 Å². The number of hydrogen-bond acceptors (Lipinski definition) is 5. The number of amides is 2. The van der Waals surface area contributed by atoms with Gasteiger partial charge in [-0.25, -0.2) is 9.48 Å². The number of nitrogens with one attached hydrogen (secondary N) is 3. The van der Waals surface area contributed by atoms with E-state index in [0.717, 1.165) is 54.0 Å². The van der Waals surface area contributed by atoms with Crippen molar-refractivity contribution in [3.63, 3.8) is 0 Å². The Balaban J connectivity index is 1.37. The predicted molar refractivity (Wildman–Crippen MR) is 167 cm³/mol. The van der Waals surface area contributed by atoms with Gasteiger partial charge < -0.3 is 10.6 Å². The van der Waals surface area contributed by atoms with E-state index in [0.29, 0.717) is 17.9 Å². The number of carbonyl (C=O) groups excluding carboxylic acids is 2. The fraction of sp³-hybridized carbons (Fsp3) is 0.364. The Morgan fingerprint density at radius 1 is 1.05 bits per heavy atom. The van der Waals surface area contributed by atoms with Crippen LogP contribution in [0.5, 0.6) is 0 Å². The third-order valence-corrected chi connectivity index (χ3v) is 8.39. The van der Waals surface area contributed by atoms with E-state index in [9.17, 15) is 9.59 Å². The smallest absolute Gasteiger partial charge is 0.317 e. The molecule has 0 radical (unpaired) electrons. The fourth-order valence-corrected chi connectivity index (χ4v) is 6.08. The van der Waals surface area contributed by atoms with E-state index >= 15 is 0 Å². The number of thiophene rings is 1. The average Bonchev–Trinajstić information content (AvgIpc) is 3.60. The molecule has 1 aliphatic heterocycles. The van der Waals surface area contributed by atoms with E-state index in [1.165, 1.54) is 0 Å². The molecule has 1 atom stereocenters. The van der Waals surface area contributed by atoms with Crippen LogP contribution in [0, 0.1) is 12.8 Å². The molecule has 1 fully saturated rings. The summed E-state index contributed by atoms with van der Waals surface area (Å²) in [7, 11) is 0. The molecule has 2 aromatic heterocycles. The number of ketones is 1. The largest absolute Gasteiger partial charge is 0.324 e. The Bertz CT molecular complexity index is 1480. The SMILES string of the molecule is Cc1ccc(-n2nc(C(C)(C)C)cc2NC(=O)Nc2cccc(C(C(=O)Cc3ccsc3)C3CCNCC3)c2)cc1. The molecule has 4 aromatic rings. The van der Waals surface area contributed by atoms with Gasteiger partial charge >= 0.3 is 6.03 Å². The number of Topliss-reactive ketones (excluding diaryl/α,β-unsaturated/α-hetero) is 1. The average molecular weight is 570 g/mol. The van der Waals surface area contributed by atoms with Crippen molar-refractivity contribution in [3.05, 3.63) is 93.8 Å². The Morgan fingerprint density at radius 2 is 1.80 bits per heavy atom. The minimum atomic E-state index is -0.362. The van der Waals surface area contributed by atoms with Crippen LogP contribution in [0.2, 0.25) is 0 Å². The molecule has 3 heterocycles. The molecule has 1 aliphatic rings. The summed E-state index contributed by atoms with van der Waals surface area (Å²) in [5, 5.41) is 18.3. The topological polar surface area (TPSA) is 88.1 Å². The van der Waals surface area contributed by atoms with Crippen molar-refractivity contribution in [2.45, 2.75) is 58.3 Å². The van der Waals surface area contributed by atoms with Gasteiger partial charge in [-0.1, -0.05) is 50.6 Å². The lowest BCUT2D eigenvalue weighted by Crippen LogP contribution is -2.34. The number of aryl methyl sites for hydroxylation is 1. The first kappa shape index (κ1) is 28.8. The first-order valence-electron chi connectivity index (χ1n) is 14.3. The highest BCUT2D eigenvalue weighted by molar-refractivity contribution is 7.08. The lowest BCUT2D eigenvalue weighted by atomic mass is 9.76. The third-order valence-electron chi connectivity index (χ3n) is 7.66. The molecule has 41 heavy (non-hydrogen) atoms. The first-order valence-corrected chi connectivity index (χ1v) is 15.2. The molecular formula is C33H39N5O2S. The molecule has 0 spiro atoms. The van der Waals surface area contributed by atoms with Crippen LogP contribution in [0.25, 0.3) is 5.69 Å². The van der Waals surface area contributed by atoms with Crippen molar-refractivity contribution in [2.75, 3.05) is 23.7 Å². The van der Waals surface area contributed by atoms with Crippen LogP contribution < -0.4 is 16.0 Å². The van der Waals surface area contributed by atoms with E-state index < -0.39 is 0 Å². The minimum absolute atomic E-state index is 0.184. The van der Waals surface area contributed by atoms with Crippen LogP contribution in [0.15, 0.2) is 71.4 Å². The minimum Gasteiger partial charge on any atom is -0.317 e. The quantitative estimate of drug-likeness (QED) is 0.212. The first-order chi connectivity index (χ1) is 19.7. The third kappa shape index (κ3) is 7.13. The number of rotatable bonds is 8. The zero-order chi connectivity index (χ0) is 29.0. The van der Waals surface area contributed by atoms with Crippen molar-refractivity contribution in [2.24, 2.45) is 5.92 Å². The highest BCUT2D eigenvalue weighted by Gasteiger charge is 2.31. The molecule has 2 amide bonds. The van der Waals surface area contributed by atoms with Gasteiger partial charge in [-0.3, -0.25) is 10.1 Å². The van der Waals surface area contributed by atoms with Gasteiger partial charge in [-0.05, 0) is 91.0 Å². The van der Waals surface area contributed by atoms with E-state index in [2.05, 4.69) is 36.7 Å². The summed E-state index contributed by atoms with van der Waals surface area (Å²) in [6, 6.07) is 19.4. The van der Waals surface area contributed by atoms with E-state index in [1.807, 2.05) is 78.3 Å². The summed E-state index contributed by atoms with van der Waals surface area (Å²) >= 11 is 1.61. The van der Waals surface area contributed by atoms with Gasteiger partial charge in [0.1, 0.15) is 11.6 Å². The Morgan fingerprint density at radius 3 is 2.49 bits per heavy atom. The Kier molecular flexibility index (Phi) is 8.71. The molecule has 2 aromatic carbocycles. The summed E-state index contributed by atoms with van der Waals surface area (Å²) in [6.07, 6.45) is 2.34. The highest BCUT2D eigenvalue weighted by atomic mass is 32.1. The van der Waals surface area contributed by atoms with Gasteiger partial charge in [-0.2, -0.15) is 16.4 Å². The summed E-state index contributed by atoms with van der Waals surface area (Å²) in [5.41, 5.74) is 5.39. The maximum absolute atomic E-state index is 13.6. The van der Waals surface area contributed by atoms with Crippen LogP contribution >= 0.6 is 11.3 Å². The summed E-state index contributed by atoms with van der Waals surface area (Å²) in [4.78, 5) is 26.9. The Labute approximate surface area is 246 Å². The van der Waals surface area contributed by atoms with Crippen LogP contribution in [0.4, 0.5) is 16.3 Å². The van der Waals surface area contributed by atoms with E-state index in [1.54, 1.807) is 16.0 Å². The second-order valence-corrected chi connectivity index (χ2v) is 12.7. The standard InChI is InChI=1S/C33H39N5O2S/c1-22-8-10-27(11-9-22)38-30(20-29(37-38)33(2,3)4)36-32(40)35-26-7-5-6-25(19-26)31(24-12-15-34-16-13-24)28(39)18-23-14-17-41-21-23/h5-11,14,17,19-21,24,31,34H,12-13,15-16,18H2,1-4H3,(H2,35,36,40). The number of piperidine rings is 1. The van der Waals surface area contributed by atoms with Crippen molar-refractivity contribution >= 4 is 34.7 Å². The van der Waals surface area contributed by atoms with E-state index in [4.69, 9.17) is 5.10 Å². The molecule has 214 valence electrons. The number of aromatic nitrogens is 2. The molecule has 0 saturated carbocycles. The molecule has 0 bridgehead atoms. The van der Waals surface area contributed by atoms with Crippen LogP contribution in [-0.4, -0.2) is 34.7 Å². The van der Waals surface area contributed by atoms with Crippen molar-refractivity contribution in [1.82, 2.24) is 15.1 Å². The molecule has 1 saturated heterocycles. The van der Waals surface area contributed by atoms with Crippen molar-refractivity contribution in [3.8, 4) is 5.69 Å². The van der Waals surface area contributed by atoms with Gasteiger partial charge in [0.05, 0.1) is 11.4 Å². The van der Waals surface area contributed by atoms with Gasteiger partial charge in [-0.15, -0.1) is 0 Å². The van der Waals surface area contributed by atoms with Crippen LogP contribution in [-0.2, 0) is 16.6 Å². The lowest BCUT2D eigenvalue weighted by Gasteiger charge is -2.30. The second-order valence-electron chi connectivity index (χ2n) is 12.0. The second kappa shape index (κ2) is 12.4. The normalized spacial score (nSPS) is 14.9. The van der Waals surface area contributed by atoms with Crippen molar-refractivity contribution < 1.29 is 9.59 Å². The summed E-state index contributed by atoms with van der Waals surface area (Å²) in [6.45, 7) is 10.2. The number of urea groups is 1. The lowest BCUT2D eigenvalue weighted by molar-refractivity contribution is -0.121. The molecule has 7 nitrogen and oxygen atoms in total. The molecule has 5 rings (SSSR count). The molecule has 0 aliphatic carbocycles. The number of anilines is 2. The molecular weight excluding hydrogens is 530 g/mol. The predicted octanol–water partition coefficient (Wildman–Crippen LogP) is 7.08. The highest BCUT2D eigenvalue weighted by Crippen LogP contribution is 2.34. The van der Waals surface area contributed by atoms with Crippen molar-refractivity contribution in [1.29, 1.82) is 0 Å². The number of hydrogen-bond donors (Lipinski definition) is 3. The van der Waals surface area contributed by atoms with E-state index in [-0.39, 0.29) is 29.1 Å². The van der Waals surface area contributed by atoms with Crippen LogP contribution in [0.3, 0.4) is 0 Å². The fourth-order valence-electron chi connectivity index (χ4n) is 5.41. The molecule has 8 heteroatoms. The maximum Gasteiger partial charge on any atom is 0.324 e. The monoisotopic (exact) mass is 569 g/mol. The molecule has 3 N–H and O–H groups in total. The van der Waals surface area contributed by atoms with Crippen LogP contribution in [0.1, 0.15) is 61.9 Å².